The second-order valence-corrected chi connectivity index (χ2v) is 8.43. The lowest BCUT2D eigenvalue weighted by atomic mass is 9.85. The molecule has 3 fully saturated rings. The molecule has 27 heavy (non-hydrogen) atoms. The highest BCUT2D eigenvalue weighted by atomic mass is 79.9. The van der Waals surface area contributed by atoms with Crippen molar-refractivity contribution in [3.8, 4) is 5.75 Å². The molecule has 1 heterocycles. The maximum absolute atomic E-state index is 12.8. The Kier molecular flexibility index (Phi) is 3.23. The number of phenols is 1. The minimum Gasteiger partial charge on any atom is -0.506 e. The number of carbonyl (C=O) groups excluding carboxylic acids is 2. The van der Waals surface area contributed by atoms with Crippen molar-refractivity contribution in [1.82, 2.24) is 5.01 Å². The molecule has 1 N–H and O–H groups in total. The molecule has 4 unspecified atom stereocenters. The molecule has 0 radical (unpaired) electrons. The molecular weight excluding hydrogens is 418 g/mol. The van der Waals surface area contributed by atoms with Crippen molar-refractivity contribution in [2.75, 3.05) is 0 Å². The lowest BCUT2D eigenvalue weighted by molar-refractivity contribution is -0.385. The fourth-order valence-corrected chi connectivity index (χ4v) is 5.57. The van der Waals surface area contributed by atoms with E-state index in [1.54, 1.807) is 0 Å². The van der Waals surface area contributed by atoms with Crippen molar-refractivity contribution < 1.29 is 19.6 Å². The van der Waals surface area contributed by atoms with Gasteiger partial charge >= 0.3 is 0 Å². The lowest BCUT2D eigenvalue weighted by Crippen LogP contribution is -2.30. The molecule has 138 valence electrons. The molecule has 5 rings (SSSR count). The van der Waals surface area contributed by atoms with Crippen LogP contribution in [0.5, 0.6) is 5.75 Å². The van der Waals surface area contributed by atoms with Gasteiger partial charge in [-0.1, -0.05) is 12.2 Å². The van der Waals surface area contributed by atoms with E-state index in [-0.39, 0.29) is 62.4 Å². The average Bonchev–Trinajstić information content (AvgIpc) is 3.23. The molecule has 8 nitrogen and oxygen atoms in total. The van der Waals surface area contributed by atoms with E-state index in [1.165, 1.54) is 6.07 Å². The van der Waals surface area contributed by atoms with Gasteiger partial charge in [0.15, 0.2) is 0 Å². The number of hydrazone groups is 1. The van der Waals surface area contributed by atoms with Gasteiger partial charge in [0.2, 0.25) is 0 Å². The molecule has 1 spiro atoms. The molecule has 3 aliphatic carbocycles. The van der Waals surface area contributed by atoms with Gasteiger partial charge in [-0.05, 0) is 46.0 Å². The number of allylic oxidation sites excluding steroid dienone is 2. The summed E-state index contributed by atoms with van der Waals surface area (Å²) in [5.74, 6) is -1.42. The average molecular weight is 432 g/mol. The molecule has 2 saturated carbocycles. The highest BCUT2D eigenvalue weighted by Crippen LogP contribution is 2.73. The molecule has 1 aliphatic heterocycles. The summed E-state index contributed by atoms with van der Waals surface area (Å²) in [5.41, 5.74) is -0.0805. The monoisotopic (exact) mass is 431 g/mol. The number of imide groups is 1. The number of amides is 2. The summed E-state index contributed by atoms with van der Waals surface area (Å²) in [7, 11) is 0. The number of hydrogen-bond acceptors (Lipinski definition) is 6. The van der Waals surface area contributed by atoms with Crippen molar-refractivity contribution in [2.24, 2.45) is 34.2 Å². The van der Waals surface area contributed by atoms with Crippen molar-refractivity contribution >= 4 is 39.6 Å². The van der Waals surface area contributed by atoms with Crippen molar-refractivity contribution in [2.45, 2.75) is 12.8 Å². The van der Waals surface area contributed by atoms with Crippen LogP contribution in [0.4, 0.5) is 5.69 Å². The first kappa shape index (κ1) is 16.6. The number of halogens is 1. The third-order valence-electron chi connectivity index (χ3n) is 6.43. The Hall–Kier alpha value is -2.55. The molecule has 2 bridgehead atoms. The first-order valence-corrected chi connectivity index (χ1v) is 9.41. The van der Waals surface area contributed by atoms with Crippen LogP contribution in [0.3, 0.4) is 0 Å². The first-order valence-electron chi connectivity index (χ1n) is 8.62. The van der Waals surface area contributed by atoms with Crippen LogP contribution in [0.1, 0.15) is 18.4 Å². The Bertz CT molecular complexity index is 949. The molecule has 1 aromatic carbocycles. The zero-order chi connectivity index (χ0) is 19.1. The molecule has 0 aromatic heterocycles. The van der Waals surface area contributed by atoms with Gasteiger partial charge in [-0.2, -0.15) is 10.1 Å². The molecule has 9 heteroatoms. The van der Waals surface area contributed by atoms with Crippen LogP contribution >= 0.6 is 15.9 Å². The predicted octanol–water partition coefficient (Wildman–Crippen LogP) is 2.59. The number of hydrogen-bond donors (Lipinski definition) is 1. The number of aromatic hydroxyl groups is 1. The number of benzene rings is 1. The summed E-state index contributed by atoms with van der Waals surface area (Å²) < 4.78 is 0.131. The van der Waals surface area contributed by atoms with E-state index in [0.29, 0.717) is 0 Å². The van der Waals surface area contributed by atoms with Gasteiger partial charge in [0.25, 0.3) is 17.5 Å². The maximum atomic E-state index is 12.8. The molecular formula is C18H14BrN3O5. The Labute approximate surface area is 161 Å². The lowest BCUT2D eigenvalue weighted by Gasteiger charge is -2.18. The number of non-ortho nitro benzene ring substituents is 1. The number of rotatable bonds is 3. The third kappa shape index (κ3) is 2.06. The summed E-state index contributed by atoms with van der Waals surface area (Å²) in [4.78, 5) is 36.0. The van der Waals surface area contributed by atoms with Gasteiger partial charge in [0.1, 0.15) is 5.75 Å². The van der Waals surface area contributed by atoms with Gasteiger partial charge in [0.05, 0.1) is 27.4 Å². The first-order chi connectivity index (χ1) is 12.8. The van der Waals surface area contributed by atoms with Crippen molar-refractivity contribution in [3.05, 3.63) is 44.4 Å². The third-order valence-corrected chi connectivity index (χ3v) is 7.03. The Balaban J connectivity index is 1.46. The van der Waals surface area contributed by atoms with Crippen molar-refractivity contribution in [1.29, 1.82) is 0 Å². The smallest absolute Gasteiger partial charge is 0.271 e. The summed E-state index contributed by atoms with van der Waals surface area (Å²) in [6.07, 6.45) is 7.37. The Morgan fingerprint density at radius 1 is 1.22 bits per heavy atom. The van der Waals surface area contributed by atoms with E-state index in [2.05, 4.69) is 33.2 Å². The fourth-order valence-electron chi connectivity index (χ4n) is 5.11. The fraction of sp³-hybridized carbons (Fsp3) is 0.389. The van der Waals surface area contributed by atoms with Crippen molar-refractivity contribution in [3.63, 3.8) is 0 Å². The summed E-state index contributed by atoms with van der Waals surface area (Å²) in [6, 6.07) is 2.31. The molecule has 2 amide bonds. The summed E-state index contributed by atoms with van der Waals surface area (Å²) in [5, 5.41) is 25.9. The van der Waals surface area contributed by atoms with E-state index >= 15 is 0 Å². The number of nitro benzene ring substituents is 1. The Morgan fingerprint density at radius 2 is 1.81 bits per heavy atom. The van der Waals surface area contributed by atoms with E-state index in [0.717, 1.165) is 30.1 Å². The summed E-state index contributed by atoms with van der Waals surface area (Å²) in [6.45, 7) is 0. The van der Waals surface area contributed by atoms with Crippen LogP contribution in [0.15, 0.2) is 33.9 Å². The number of phenolic OH excluding ortho intramolecular Hbond substituents is 1. The van der Waals surface area contributed by atoms with E-state index in [9.17, 15) is 24.8 Å². The van der Waals surface area contributed by atoms with E-state index in [1.807, 2.05) is 0 Å². The van der Waals surface area contributed by atoms with Gasteiger partial charge in [-0.25, -0.2) is 0 Å². The second kappa shape index (κ2) is 5.25. The standard InChI is InChI=1S/C18H14BrN3O5/c19-12-6-9(22(26)27)5-8(15(12)23)7-20-21-16(24)13-10-1-2-11(14(13)17(21)25)18(10)3-4-18/h1-2,5-7,10-11,13-14,23H,3-4H2/b20-7+. The summed E-state index contributed by atoms with van der Waals surface area (Å²) >= 11 is 3.05. The van der Waals surface area contributed by atoms with Crippen LogP contribution in [0.2, 0.25) is 0 Å². The quantitative estimate of drug-likeness (QED) is 0.259. The predicted molar refractivity (Wildman–Crippen MR) is 96.7 cm³/mol. The minimum absolute atomic E-state index is 0.0495. The number of carbonyl (C=O) groups is 2. The molecule has 4 atom stereocenters. The van der Waals surface area contributed by atoms with Crippen LogP contribution in [0, 0.1) is 39.2 Å². The zero-order valence-corrected chi connectivity index (χ0v) is 15.5. The molecule has 1 aromatic rings. The SMILES string of the molecule is O=C1C2C(C(=O)N1/N=C/c1cc([N+](=O)[O-])cc(Br)c1O)C1C=CC2C12CC2. The number of nitrogens with zero attached hydrogens (tertiary/aromatic N) is 3. The highest BCUT2D eigenvalue weighted by Gasteiger charge is 2.73. The highest BCUT2D eigenvalue weighted by molar-refractivity contribution is 9.10. The minimum atomic E-state index is -0.601. The van der Waals surface area contributed by atoms with Gasteiger partial charge in [-0.3, -0.25) is 19.7 Å². The largest absolute Gasteiger partial charge is 0.506 e. The van der Waals surface area contributed by atoms with Crippen LogP contribution in [-0.4, -0.2) is 33.1 Å². The van der Waals surface area contributed by atoms with E-state index in [4.69, 9.17) is 0 Å². The Morgan fingerprint density at radius 3 is 2.33 bits per heavy atom. The van der Waals surface area contributed by atoms with Crippen LogP contribution in [-0.2, 0) is 9.59 Å². The maximum Gasteiger partial charge on any atom is 0.271 e. The topological polar surface area (TPSA) is 113 Å². The van der Waals surface area contributed by atoms with Gasteiger partial charge in [0, 0.05) is 17.7 Å². The second-order valence-electron chi connectivity index (χ2n) is 7.58. The molecule has 4 aliphatic rings. The van der Waals surface area contributed by atoms with Crippen LogP contribution in [0.25, 0.3) is 0 Å². The van der Waals surface area contributed by atoms with Gasteiger partial charge < -0.3 is 5.11 Å². The molecule has 1 saturated heterocycles. The van der Waals surface area contributed by atoms with Crippen LogP contribution < -0.4 is 0 Å². The number of nitro groups is 1. The zero-order valence-electron chi connectivity index (χ0n) is 13.9. The van der Waals surface area contributed by atoms with Gasteiger partial charge in [-0.15, -0.1) is 0 Å². The number of fused-ring (bicyclic) bond motifs is 3. The normalized spacial score (nSPS) is 32.1. The van der Waals surface area contributed by atoms with E-state index < -0.39 is 4.92 Å².